The molecule has 21 heavy (non-hydrogen) atoms. The van der Waals surface area contributed by atoms with Gasteiger partial charge < -0.3 is 14.7 Å². The molecule has 1 amide bonds. The highest BCUT2D eigenvalue weighted by Crippen LogP contribution is 2.28. The number of rotatable bonds is 5. The molecule has 0 radical (unpaired) electrons. The van der Waals surface area contributed by atoms with Crippen LogP contribution in [-0.2, 0) is 9.53 Å². The highest BCUT2D eigenvalue weighted by atomic mass is 32.1. The number of carboxylic acids is 1. The number of ether oxygens (including phenoxy) is 1. The Hall–Kier alpha value is -1.47. The van der Waals surface area contributed by atoms with E-state index in [1.807, 2.05) is 0 Å². The first-order chi connectivity index (χ1) is 10.0. The van der Waals surface area contributed by atoms with Gasteiger partial charge in [0.25, 0.3) is 0 Å². The summed E-state index contributed by atoms with van der Waals surface area (Å²) in [6, 6.07) is 0. The van der Waals surface area contributed by atoms with E-state index in [1.54, 1.807) is 14.0 Å². The third-order valence-electron chi connectivity index (χ3n) is 3.69. The molecule has 1 atom stereocenters. The van der Waals surface area contributed by atoms with Gasteiger partial charge in [-0.2, -0.15) is 4.37 Å². The Bertz CT molecular complexity index is 523. The Morgan fingerprint density at radius 3 is 2.86 bits per heavy atom. The molecule has 0 spiro atoms. The average molecular weight is 312 g/mol. The topological polar surface area (TPSA) is 79.7 Å². The summed E-state index contributed by atoms with van der Waals surface area (Å²) in [5, 5.41) is 9.61. The van der Waals surface area contributed by atoms with Crippen LogP contribution < -0.4 is 4.90 Å². The van der Waals surface area contributed by atoms with Crippen molar-refractivity contribution < 1.29 is 19.4 Å². The Morgan fingerprint density at radius 1 is 1.48 bits per heavy atom. The second-order valence-corrected chi connectivity index (χ2v) is 5.99. The first-order valence-corrected chi connectivity index (χ1v) is 7.85. The Balaban J connectivity index is 1.97. The van der Waals surface area contributed by atoms with Crippen LogP contribution in [0.15, 0.2) is 0 Å². The predicted molar refractivity (Wildman–Crippen MR) is 80.0 cm³/mol. The first-order valence-electron chi connectivity index (χ1n) is 7.08. The van der Waals surface area contributed by atoms with Gasteiger partial charge in [-0.1, -0.05) is 0 Å². The van der Waals surface area contributed by atoms with E-state index in [4.69, 9.17) is 4.74 Å². The number of amides is 1. The number of hydrogen-bond donors (Lipinski definition) is 1. The van der Waals surface area contributed by atoms with E-state index in [1.165, 1.54) is 4.90 Å². The van der Waals surface area contributed by atoms with E-state index >= 15 is 0 Å². The lowest BCUT2D eigenvalue weighted by molar-refractivity contribution is -0.119. The first kappa shape index (κ1) is 15.9. The number of carbonyl (C=O) groups is 2. The zero-order valence-corrected chi connectivity index (χ0v) is 13.1. The third kappa shape index (κ3) is 3.79. The monoisotopic (exact) mass is 312 g/mol. The van der Waals surface area contributed by atoms with Gasteiger partial charge in [-0.05, 0) is 44.1 Å². The zero-order valence-electron chi connectivity index (χ0n) is 12.3. The molecule has 2 rings (SSSR count). The average Bonchev–Trinajstić information content (AvgIpc) is 2.87. The van der Waals surface area contributed by atoms with Gasteiger partial charge in [0.15, 0.2) is 0 Å². The molecule has 1 aliphatic heterocycles. The van der Waals surface area contributed by atoms with E-state index < -0.39 is 5.97 Å². The van der Waals surface area contributed by atoms with Crippen molar-refractivity contribution in [1.29, 1.82) is 0 Å². The molecule has 0 aliphatic carbocycles. The second kappa shape index (κ2) is 7.00. The molecular weight excluding hydrogens is 292 g/mol. The van der Waals surface area contributed by atoms with Crippen LogP contribution in [0.2, 0.25) is 0 Å². The Kier molecular flexibility index (Phi) is 5.30. The van der Waals surface area contributed by atoms with Gasteiger partial charge in [0.2, 0.25) is 5.91 Å². The number of carboxylic acid groups (broad SMARTS) is 1. The van der Waals surface area contributed by atoms with E-state index in [0.717, 1.165) is 37.4 Å². The van der Waals surface area contributed by atoms with Crippen molar-refractivity contribution in [3.05, 3.63) is 11.3 Å². The molecule has 1 aromatic rings. The zero-order chi connectivity index (χ0) is 15.4. The van der Waals surface area contributed by atoms with Crippen LogP contribution in [0.25, 0.3) is 0 Å². The molecule has 0 bridgehead atoms. The quantitative estimate of drug-likeness (QED) is 0.903. The minimum atomic E-state index is -1.05. The van der Waals surface area contributed by atoms with Gasteiger partial charge >= 0.3 is 5.97 Å². The number of aromatic carboxylic acids is 1. The number of hydrogen-bond acceptors (Lipinski definition) is 5. The molecule has 0 aromatic carbocycles. The Labute approximate surface area is 127 Å². The predicted octanol–water partition coefficient (Wildman–Crippen LogP) is 2.46. The summed E-state index contributed by atoms with van der Waals surface area (Å²) in [5.74, 6) is -1.15. The van der Waals surface area contributed by atoms with Crippen molar-refractivity contribution >= 4 is 28.4 Å². The number of aryl methyl sites for hydroxylation is 1. The molecular formula is C14H20N2O4S. The van der Waals surface area contributed by atoms with Crippen molar-refractivity contribution in [1.82, 2.24) is 4.37 Å². The molecule has 7 heteroatoms. The fourth-order valence-corrected chi connectivity index (χ4v) is 3.30. The summed E-state index contributed by atoms with van der Waals surface area (Å²) in [5.41, 5.74) is 0.558. The molecule has 1 fully saturated rings. The van der Waals surface area contributed by atoms with E-state index in [-0.39, 0.29) is 17.6 Å². The molecule has 2 heterocycles. The second-order valence-electron chi connectivity index (χ2n) is 5.23. The Morgan fingerprint density at radius 2 is 2.24 bits per heavy atom. The molecule has 1 aliphatic rings. The van der Waals surface area contributed by atoms with Gasteiger partial charge in [-0.25, -0.2) is 4.79 Å². The maximum Gasteiger partial charge on any atom is 0.340 e. The van der Waals surface area contributed by atoms with Crippen LogP contribution >= 0.6 is 11.5 Å². The van der Waals surface area contributed by atoms with Gasteiger partial charge in [0, 0.05) is 20.1 Å². The molecule has 1 unspecified atom stereocenters. The van der Waals surface area contributed by atoms with Crippen LogP contribution in [0.3, 0.4) is 0 Å². The lowest BCUT2D eigenvalue weighted by atomic mass is 10.0. The van der Waals surface area contributed by atoms with E-state index in [2.05, 4.69) is 4.37 Å². The molecule has 1 aromatic heterocycles. The van der Waals surface area contributed by atoms with Gasteiger partial charge in [-0.3, -0.25) is 4.79 Å². The smallest absolute Gasteiger partial charge is 0.340 e. The van der Waals surface area contributed by atoms with Gasteiger partial charge in [-0.15, -0.1) is 0 Å². The number of aromatic nitrogens is 1. The summed E-state index contributed by atoms with van der Waals surface area (Å²) >= 11 is 1.05. The van der Waals surface area contributed by atoms with Crippen LogP contribution in [0.5, 0.6) is 0 Å². The van der Waals surface area contributed by atoms with Crippen LogP contribution in [-0.4, -0.2) is 41.1 Å². The fourth-order valence-electron chi connectivity index (χ4n) is 2.43. The molecule has 1 N–H and O–H groups in total. The standard InChI is InChI=1S/C14H20N2O4S/c1-9-12(14(18)19)13(21-15-9)16(2)11(17)7-6-10-5-3-4-8-20-10/h10H,3-8H2,1-2H3,(H,18,19). The fraction of sp³-hybridized carbons (Fsp3) is 0.643. The molecule has 116 valence electrons. The number of nitrogens with zero attached hydrogens (tertiary/aromatic N) is 2. The SMILES string of the molecule is Cc1nsc(N(C)C(=O)CCC2CCCCO2)c1C(=O)O. The minimum Gasteiger partial charge on any atom is -0.478 e. The van der Waals surface area contributed by atoms with Crippen molar-refractivity contribution in [2.75, 3.05) is 18.6 Å². The molecule has 1 saturated heterocycles. The largest absolute Gasteiger partial charge is 0.478 e. The van der Waals surface area contributed by atoms with Crippen LogP contribution in [0.4, 0.5) is 5.00 Å². The summed E-state index contributed by atoms with van der Waals surface area (Å²) < 4.78 is 9.64. The normalized spacial score (nSPS) is 18.5. The number of anilines is 1. The summed E-state index contributed by atoms with van der Waals surface area (Å²) in [6.45, 7) is 2.41. The molecule has 6 nitrogen and oxygen atoms in total. The van der Waals surface area contributed by atoms with Crippen molar-refractivity contribution in [3.63, 3.8) is 0 Å². The highest BCUT2D eigenvalue weighted by molar-refractivity contribution is 7.11. The van der Waals surface area contributed by atoms with Gasteiger partial charge in [0.05, 0.1) is 11.8 Å². The lowest BCUT2D eigenvalue weighted by Gasteiger charge is -2.23. The summed E-state index contributed by atoms with van der Waals surface area (Å²) in [4.78, 5) is 24.9. The lowest BCUT2D eigenvalue weighted by Crippen LogP contribution is -2.29. The van der Waals surface area contributed by atoms with Crippen molar-refractivity contribution in [2.45, 2.75) is 45.1 Å². The highest BCUT2D eigenvalue weighted by Gasteiger charge is 2.24. The minimum absolute atomic E-state index is 0.102. The maximum atomic E-state index is 12.2. The van der Waals surface area contributed by atoms with Gasteiger partial charge in [0.1, 0.15) is 10.6 Å². The summed E-state index contributed by atoms with van der Waals surface area (Å²) in [7, 11) is 1.60. The van der Waals surface area contributed by atoms with E-state index in [0.29, 0.717) is 23.5 Å². The third-order valence-corrected chi connectivity index (χ3v) is 4.71. The maximum absolute atomic E-state index is 12.2. The van der Waals surface area contributed by atoms with Crippen LogP contribution in [0.1, 0.15) is 48.2 Å². The van der Waals surface area contributed by atoms with Crippen molar-refractivity contribution in [2.24, 2.45) is 0 Å². The van der Waals surface area contributed by atoms with E-state index in [9.17, 15) is 14.7 Å². The molecule has 0 saturated carbocycles. The van der Waals surface area contributed by atoms with Crippen molar-refractivity contribution in [3.8, 4) is 0 Å². The van der Waals surface area contributed by atoms with Crippen LogP contribution in [0, 0.1) is 6.92 Å². The summed E-state index contributed by atoms with van der Waals surface area (Å²) in [6.07, 6.45) is 4.42. The number of carbonyl (C=O) groups excluding carboxylic acids is 1.